The molecule has 100 valence electrons. The maximum atomic E-state index is 11.3. The van der Waals surface area contributed by atoms with Gasteiger partial charge in [-0.05, 0) is 30.2 Å². The number of esters is 1. The molecule has 1 aromatic carbocycles. The van der Waals surface area contributed by atoms with Crippen molar-refractivity contribution in [2.75, 3.05) is 13.7 Å². The number of methoxy groups -OCH3 is 1. The average Bonchev–Trinajstić information content (AvgIpc) is 2.45. The fraction of sp³-hybridized carbons (Fsp3) is 0.333. The first kappa shape index (κ1) is 14.8. The minimum atomic E-state index is -0.634. The van der Waals surface area contributed by atoms with Crippen LogP contribution in [0.4, 0.5) is 0 Å². The van der Waals surface area contributed by atoms with Gasteiger partial charge in [0.15, 0.2) is 0 Å². The molecule has 0 fully saturated rings. The summed E-state index contributed by atoms with van der Waals surface area (Å²) in [6.07, 6.45) is 3.59. The lowest BCUT2D eigenvalue weighted by atomic mass is 10.1. The predicted molar refractivity (Wildman–Crippen MR) is 72.5 cm³/mol. The number of carbonyl (C=O) groups is 1. The molecule has 0 amide bonds. The van der Waals surface area contributed by atoms with Gasteiger partial charge in [0.05, 0.1) is 13.7 Å². The van der Waals surface area contributed by atoms with Crippen LogP contribution >= 0.6 is 0 Å². The van der Waals surface area contributed by atoms with Crippen molar-refractivity contribution in [3.8, 4) is 11.8 Å². The van der Waals surface area contributed by atoms with E-state index in [9.17, 15) is 4.79 Å². The maximum Gasteiger partial charge on any atom is 0.348 e. The van der Waals surface area contributed by atoms with E-state index in [4.69, 9.17) is 10.00 Å². The largest absolute Gasteiger partial charge is 0.494 e. The Morgan fingerprint density at radius 3 is 2.58 bits per heavy atom. The van der Waals surface area contributed by atoms with Crippen LogP contribution in [0, 0.1) is 11.3 Å². The van der Waals surface area contributed by atoms with Crippen molar-refractivity contribution in [1.82, 2.24) is 0 Å². The number of unbranched alkanes of at least 4 members (excludes halogenated alkanes) is 1. The maximum absolute atomic E-state index is 11.3. The van der Waals surface area contributed by atoms with E-state index in [0.29, 0.717) is 6.61 Å². The highest BCUT2D eigenvalue weighted by molar-refractivity contribution is 5.97. The zero-order valence-electron chi connectivity index (χ0n) is 11.2. The van der Waals surface area contributed by atoms with Crippen LogP contribution in [-0.4, -0.2) is 19.7 Å². The number of hydrogen-bond donors (Lipinski definition) is 0. The van der Waals surface area contributed by atoms with Gasteiger partial charge in [0.25, 0.3) is 0 Å². The van der Waals surface area contributed by atoms with Crippen LogP contribution in [0.2, 0.25) is 0 Å². The van der Waals surface area contributed by atoms with Crippen LogP contribution in [0.1, 0.15) is 25.3 Å². The molecule has 0 heterocycles. The van der Waals surface area contributed by atoms with Crippen molar-refractivity contribution in [1.29, 1.82) is 5.26 Å². The fourth-order valence-electron chi connectivity index (χ4n) is 1.41. The molecule has 0 aliphatic carbocycles. The van der Waals surface area contributed by atoms with E-state index in [0.717, 1.165) is 24.2 Å². The van der Waals surface area contributed by atoms with E-state index in [-0.39, 0.29) is 5.57 Å². The van der Waals surface area contributed by atoms with Gasteiger partial charge in [0.2, 0.25) is 0 Å². The van der Waals surface area contributed by atoms with E-state index < -0.39 is 5.97 Å². The lowest BCUT2D eigenvalue weighted by molar-refractivity contribution is -0.135. The molecule has 0 N–H and O–H groups in total. The second-order valence-corrected chi connectivity index (χ2v) is 3.93. The van der Waals surface area contributed by atoms with Crippen LogP contribution in [0.3, 0.4) is 0 Å². The molecule has 4 nitrogen and oxygen atoms in total. The Morgan fingerprint density at radius 1 is 1.37 bits per heavy atom. The smallest absolute Gasteiger partial charge is 0.348 e. The zero-order valence-corrected chi connectivity index (χ0v) is 11.2. The molecule has 0 aromatic heterocycles. The van der Waals surface area contributed by atoms with Gasteiger partial charge in [0, 0.05) is 0 Å². The first-order valence-corrected chi connectivity index (χ1v) is 6.14. The zero-order chi connectivity index (χ0) is 14.1. The van der Waals surface area contributed by atoms with Gasteiger partial charge in [-0.15, -0.1) is 0 Å². The fourth-order valence-corrected chi connectivity index (χ4v) is 1.41. The van der Waals surface area contributed by atoms with Gasteiger partial charge in [-0.25, -0.2) is 4.79 Å². The summed E-state index contributed by atoms with van der Waals surface area (Å²) < 4.78 is 10.0. The van der Waals surface area contributed by atoms with E-state index in [1.807, 2.05) is 18.2 Å². The first-order valence-electron chi connectivity index (χ1n) is 6.14. The third kappa shape index (κ3) is 4.84. The number of rotatable bonds is 6. The third-order valence-corrected chi connectivity index (χ3v) is 2.48. The summed E-state index contributed by atoms with van der Waals surface area (Å²) in [4.78, 5) is 11.3. The van der Waals surface area contributed by atoms with E-state index in [1.54, 1.807) is 12.1 Å². The number of nitriles is 1. The highest BCUT2D eigenvalue weighted by Crippen LogP contribution is 2.15. The number of nitrogens with zero attached hydrogens (tertiary/aromatic N) is 1. The van der Waals surface area contributed by atoms with Gasteiger partial charge >= 0.3 is 5.97 Å². The molecule has 4 heteroatoms. The second kappa shape index (κ2) is 7.93. The van der Waals surface area contributed by atoms with E-state index >= 15 is 0 Å². The standard InChI is InChI=1S/C15H17NO3/c1-3-4-9-19-14-7-5-12(6-8-14)10-13(11-16)15(17)18-2/h5-8,10H,3-4,9H2,1-2H3. The van der Waals surface area contributed by atoms with Gasteiger partial charge in [0.1, 0.15) is 17.4 Å². The molecule has 1 aromatic rings. The number of benzene rings is 1. The number of hydrogen-bond acceptors (Lipinski definition) is 4. The highest BCUT2D eigenvalue weighted by Gasteiger charge is 2.08. The molecule has 0 saturated carbocycles. The third-order valence-electron chi connectivity index (χ3n) is 2.48. The molecule has 0 spiro atoms. The summed E-state index contributed by atoms with van der Waals surface area (Å²) in [5, 5.41) is 8.84. The summed E-state index contributed by atoms with van der Waals surface area (Å²) in [5.74, 6) is 0.146. The summed E-state index contributed by atoms with van der Waals surface area (Å²) in [6.45, 7) is 2.80. The highest BCUT2D eigenvalue weighted by atomic mass is 16.5. The molecule has 0 bridgehead atoms. The summed E-state index contributed by atoms with van der Waals surface area (Å²) in [5.41, 5.74) is 0.729. The van der Waals surface area contributed by atoms with Crippen LogP contribution in [0.15, 0.2) is 29.8 Å². The lowest BCUT2D eigenvalue weighted by Crippen LogP contribution is -2.02. The van der Waals surface area contributed by atoms with Crippen LogP contribution in [-0.2, 0) is 9.53 Å². The first-order chi connectivity index (χ1) is 9.21. The Hall–Kier alpha value is -2.28. The van der Waals surface area contributed by atoms with Crippen LogP contribution in [0.5, 0.6) is 5.75 Å². The van der Waals surface area contributed by atoms with Crippen molar-refractivity contribution in [3.63, 3.8) is 0 Å². The molecule has 0 unspecified atom stereocenters. The van der Waals surface area contributed by atoms with Gasteiger partial charge in [-0.1, -0.05) is 25.5 Å². The quantitative estimate of drug-likeness (QED) is 0.341. The molecule has 0 aliphatic heterocycles. The Morgan fingerprint density at radius 2 is 2.05 bits per heavy atom. The Kier molecular flexibility index (Phi) is 6.17. The predicted octanol–water partition coefficient (Wildman–Crippen LogP) is 2.95. The minimum absolute atomic E-state index is 0.0258. The number of ether oxygens (including phenoxy) is 2. The molecular formula is C15H17NO3. The van der Waals surface area contributed by atoms with Crippen molar-refractivity contribution in [2.24, 2.45) is 0 Å². The number of carbonyl (C=O) groups excluding carboxylic acids is 1. The molecule has 19 heavy (non-hydrogen) atoms. The summed E-state index contributed by atoms with van der Waals surface area (Å²) >= 11 is 0. The minimum Gasteiger partial charge on any atom is -0.494 e. The van der Waals surface area contributed by atoms with E-state index in [2.05, 4.69) is 11.7 Å². The Labute approximate surface area is 113 Å². The Balaban J connectivity index is 2.73. The monoisotopic (exact) mass is 259 g/mol. The van der Waals surface area contributed by atoms with Crippen molar-refractivity contribution >= 4 is 12.0 Å². The topological polar surface area (TPSA) is 59.3 Å². The van der Waals surface area contributed by atoms with Gasteiger partial charge in [-0.2, -0.15) is 5.26 Å². The van der Waals surface area contributed by atoms with Crippen molar-refractivity contribution < 1.29 is 14.3 Å². The van der Waals surface area contributed by atoms with Crippen molar-refractivity contribution in [2.45, 2.75) is 19.8 Å². The van der Waals surface area contributed by atoms with E-state index in [1.165, 1.54) is 13.2 Å². The second-order valence-electron chi connectivity index (χ2n) is 3.93. The normalized spacial score (nSPS) is 10.7. The molecule has 0 radical (unpaired) electrons. The lowest BCUT2D eigenvalue weighted by Gasteiger charge is -2.05. The Bertz CT molecular complexity index is 483. The molecule has 1 rings (SSSR count). The summed E-state index contributed by atoms with van der Waals surface area (Å²) in [7, 11) is 1.25. The van der Waals surface area contributed by atoms with Gasteiger partial charge in [-0.3, -0.25) is 0 Å². The molecule has 0 atom stereocenters. The van der Waals surface area contributed by atoms with Crippen LogP contribution < -0.4 is 4.74 Å². The SMILES string of the molecule is CCCCOc1ccc(C=C(C#N)C(=O)OC)cc1. The molecule has 0 saturated heterocycles. The van der Waals surface area contributed by atoms with Crippen LogP contribution in [0.25, 0.3) is 6.08 Å². The van der Waals surface area contributed by atoms with Crippen molar-refractivity contribution in [3.05, 3.63) is 35.4 Å². The van der Waals surface area contributed by atoms with Gasteiger partial charge < -0.3 is 9.47 Å². The molecule has 0 aliphatic rings. The average molecular weight is 259 g/mol. The molecular weight excluding hydrogens is 242 g/mol. The summed E-state index contributed by atoms with van der Waals surface area (Å²) in [6, 6.07) is 9.03.